The minimum atomic E-state index is -4.58. The van der Waals surface area contributed by atoms with Gasteiger partial charge in [0.25, 0.3) is 0 Å². The van der Waals surface area contributed by atoms with Gasteiger partial charge >= 0.3 is 6.18 Å². The van der Waals surface area contributed by atoms with Crippen LogP contribution in [0, 0.1) is 11.2 Å². The maximum Gasteiger partial charge on any atom is 0.435 e. The summed E-state index contributed by atoms with van der Waals surface area (Å²) < 4.78 is 54.0. The average Bonchev–Trinajstić information content (AvgIpc) is 3.19. The molecule has 1 fully saturated rings. The number of alkyl halides is 3. The summed E-state index contributed by atoms with van der Waals surface area (Å²) in [4.78, 5) is 8.82. The van der Waals surface area contributed by atoms with E-state index in [0.29, 0.717) is 17.2 Å². The van der Waals surface area contributed by atoms with Gasteiger partial charge in [0.1, 0.15) is 5.82 Å². The summed E-state index contributed by atoms with van der Waals surface area (Å²) in [7, 11) is 0. The van der Waals surface area contributed by atoms with Crippen molar-refractivity contribution in [2.24, 2.45) is 5.41 Å². The molecule has 0 amide bonds. The van der Waals surface area contributed by atoms with Crippen LogP contribution >= 0.6 is 0 Å². The lowest BCUT2D eigenvalue weighted by Crippen LogP contribution is -2.10. The Morgan fingerprint density at radius 2 is 1.79 bits per heavy atom. The molecule has 1 atom stereocenters. The Bertz CT molecular complexity index is 1340. The molecule has 0 spiro atoms. The molecule has 34 heavy (non-hydrogen) atoms. The lowest BCUT2D eigenvalue weighted by Gasteiger charge is -2.13. The third-order valence-electron chi connectivity index (χ3n) is 6.08. The van der Waals surface area contributed by atoms with Crippen LogP contribution in [0.5, 0.6) is 0 Å². The molecule has 1 aliphatic rings. The zero-order valence-corrected chi connectivity index (χ0v) is 18.4. The molecule has 0 radical (unpaired) electrons. The molecule has 2 aromatic carbocycles. The van der Waals surface area contributed by atoms with Crippen LogP contribution in [0.15, 0.2) is 67.0 Å². The molecule has 9 heteroatoms. The molecule has 2 aromatic heterocycles. The number of hydrogen-bond acceptors (Lipinski definition) is 4. The second-order valence-electron chi connectivity index (χ2n) is 9.08. The van der Waals surface area contributed by atoms with Crippen LogP contribution in [0.25, 0.3) is 16.9 Å². The van der Waals surface area contributed by atoms with Crippen LogP contribution in [-0.4, -0.2) is 19.7 Å². The van der Waals surface area contributed by atoms with E-state index in [1.165, 1.54) is 36.0 Å². The van der Waals surface area contributed by atoms with Crippen molar-refractivity contribution in [3.63, 3.8) is 0 Å². The van der Waals surface area contributed by atoms with Gasteiger partial charge in [0, 0.05) is 23.6 Å². The first-order valence-electron chi connectivity index (χ1n) is 10.7. The number of halogens is 4. The summed E-state index contributed by atoms with van der Waals surface area (Å²) in [6.45, 7) is 4.41. The lowest BCUT2D eigenvalue weighted by atomic mass is 9.99. The van der Waals surface area contributed by atoms with Gasteiger partial charge in [-0.15, -0.1) is 0 Å². The molecule has 0 bridgehead atoms. The molecule has 1 N–H and O–H groups in total. The highest BCUT2D eigenvalue weighted by Gasteiger charge is 2.46. The number of rotatable bonds is 5. The molecule has 2 heterocycles. The van der Waals surface area contributed by atoms with Crippen LogP contribution in [-0.2, 0) is 6.18 Å². The third kappa shape index (κ3) is 4.37. The van der Waals surface area contributed by atoms with Gasteiger partial charge in [0.05, 0.1) is 0 Å². The predicted octanol–water partition coefficient (Wildman–Crippen LogP) is 6.74. The molecule has 174 valence electrons. The first-order valence-corrected chi connectivity index (χ1v) is 10.7. The standard InChI is InChI=1S/C25H21F4N5/c1-24(2)13-20(24)16-5-3-4-15(12-16)19-14-30-23(31-18-8-6-17(26)7-9-18)32-22(19)34-11-10-21(33-34)25(27,28)29/h3-12,14,20H,13H2,1-2H3,(H,30,31,32)/t20-/m1/s1. The largest absolute Gasteiger partial charge is 0.435 e. The first-order chi connectivity index (χ1) is 16.1. The summed E-state index contributed by atoms with van der Waals surface area (Å²) in [5.74, 6) is 0.381. The van der Waals surface area contributed by atoms with Crippen LogP contribution in [0.2, 0.25) is 0 Å². The maximum atomic E-state index is 13.2. The Morgan fingerprint density at radius 3 is 2.44 bits per heavy atom. The van der Waals surface area contributed by atoms with Crippen molar-refractivity contribution in [3.8, 4) is 16.9 Å². The van der Waals surface area contributed by atoms with Crippen molar-refractivity contribution < 1.29 is 17.6 Å². The van der Waals surface area contributed by atoms with E-state index in [1.54, 1.807) is 6.20 Å². The molecule has 4 aromatic rings. The van der Waals surface area contributed by atoms with Gasteiger partial charge in [-0.2, -0.15) is 23.3 Å². The van der Waals surface area contributed by atoms with E-state index < -0.39 is 17.7 Å². The fraction of sp³-hybridized carbons (Fsp3) is 0.240. The van der Waals surface area contributed by atoms with E-state index >= 15 is 0 Å². The SMILES string of the molecule is CC1(C)C[C@@H]1c1cccc(-c2cnc(Nc3ccc(F)cc3)nc2-n2ccc(C(F)(F)F)n2)c1. The molecule has 1 saturated carbocycles. The zero-order chi connectivity index (χ0) is 24.1. The summed E-state index contributed by atoms with van der Waals surface area (Å²) in [5.41, 5.74) is 2.24. The molecule has 5 nitrogen and oxygen atoms in total. The van der Waals surface area contributed by atoms with Crippen molar-refractivity contribution in [3.05, 3.63) is 84.1 Å². The predicted molar refractivity (Wildman–Crippen MR) is 120 cm³/mol. The maximum absolute atomic E-state index is 13.2. The number of benzene rings is 2. The Hall–Kier alpha value is -3.75. The average molecular weight is 467 g/mol. The minimum absolute atomic E-state index is 0.147. The van der Waals surface area contributed by atoms with Gasteiger partial charge < -0.3 is 5.32 Å². The summed E-state index contributed by atoms with van der Waals surface area (Å²) in [6, 6.07) is 14.4. The Kier molecular flexibility index (Phi) is 5.15. The summed E-state index contributed by atoms with van der Waals surface area (Å²) in [6.07, 6.45) is -0.718. The molecule has 0 unspecified atom stereocenters. The Morgan fingerprint density at radius 1 is 1.06 bits per heavy atom. The van der Waals surface area contributed by atoms with Crippen molar-refractivity contribution in [1.82, 2.24) is 19.7 Å². The van der Waals surface area contributed by atoms with Crippen LogP contribution in [0.1, 0.15) is 37.4 Å². The van der Waals surface area contributed by atoms with E-state index in [1.807, 2.05) is 18.2 Å². The highest BCUT2D eigenvalue weighted by atomic mass is 19.4. The Labute approximate surface area is 193 Å². The van der Waals surface area contributed by atoms with Crippen LogP contribution in [0.4, 0.5) is 29.2 Å². The van der Waals surface area contributed by atoms with Gasteiger partial charge in [0.15, 0.2) is 11.5 Å². The number of nitrogens with one attached hydrogen (secondary N) is 1. The minimum Gasteiger partial charge on any atom is -0.324 e. The van der Waals surface area contributed by atoms with Crippen LogP contribution < -0.4 is 5.32 Å². The van der Waals surface area contributed by atoms with Crippen molar-refractivity contribution in [1.29, 1.82) is 0 Å². The second kappa shape index (κ2) is 7.93. The van der Waals surface area contributed by atoms with Gasteiger partial charge in [-0.05, 0) is 59.2 Å². The number of anilines is 2. The lowest BCUT2D eigenvalue weighted by molar-refractivity contribution is -0.141. The van der Waals surface area contributed by atoms with E-state index in [9.17, 15) is 17.6 Å². The fourth-order valence-electron chi connectivity index (χ4n) is 4.03. The molecular formula is C25H21F4N5. The van der Waals surface area contributed by atoms with Gasteiger partial charge in [-0.1, -0.05) is 38.1 Å². The highest BCUT2D eigenvalue weighted by Crippen LogP contribution is 2.58. The fourth-order valence-corrected chi connectivity index (χ4v) is 4.03. The van der Waals surface area contributed by atoms with E-state index in [0.717, 1.165) is 22.7 Å². The smallest absolute Gasteiger partial charge is 0.324 e. The van der Waals surface area contributed by atoms with Gasteiger partial charge in [-0.3, -0.25) is 0 Å². The summed E-state index contributed by atoms with van der Waals surface area (Å²) in [5, 5.41) is 6.67. The van der Waals surface area contributed by atoms with Gasteiger partial charge in [0.2, 0.25) is 5.95 Å². The van der Waals surface area contributed by atoms with Crippen LogP contribution in [0.3, 0.4) is 0 Å². The molecule has 1 aliphatic carbocycles. The van der Waals surface area contributed by atoms with E-state index in [2.05, 4.69) is 40.3 Å². The number of aromatic nitrogens is 4. The van der Waals surface area contributed by atoms with Crippen molar-refractivity contribution >= 4 is 11.6 Å². The monoisotopic (exact) mass is 467 g/mol. The first kappa shape index (κ1) is 22.1. The normalized spacial score (nSPS) is 16.9. The van der Waals surface area contributed by atoms with Crippen molar-refractivity contribution in [2.45, 2.75) is 32.4 Å². The number of nitrogens with zero attached hydrogens (tertiary/aromatic N) is 4. The summed E-state index contributed by atoms with van der Waals surface area (Å²) >= 11 is 0. The zero-order valence-electron chi connectivity index (χ0n) is 18.4. The Balaban J connectivity index is 1.58. The number of hydrogen-bond donors (Lipinski definition) is 1. The highest BCUT2D eigenvalue weighted by molar-refractivity contribution is 5.72. The van der Waals surface area contributed by atoms with Gasteiger partial charge in [-0.25, -0.2) is 14.1 Å². The second-order valence-corrected chi connectivity index (χ2v) is 9.08. The molecule has 0 aliphatic heterocycles. The topological polar surface area (TPSA) is 55.6 Å². The van der Waals surface area contributed by atoms with E-state index in [-0.39, 0.29) is 17.2 Å². The molecular weight excluding hydrogens is 446 g/mol. The quantitative estimate of drug-likeness (QED) is 0.330. The van der Waals surface area contributed by atoms with E-state index in [4.69, 9.17) is 0 Å². The molecule has 0 saturated heterocycles. The molecule has 5 rings (SSSR count). The van der Waals surface area contributed by atoms with Crippen molar-refractivity contribution in [2.75, 3.05) is 5.32 Å². The third-order valence-corrected chi connectivity index (χ3v) is 6.08.